The summed E-state index contributed by atoms with van der Waals surface area (Å²) in [7, 11) is 0. The summed E-state index contributed by atoms with van der Waals surface area (Å²) in [5.41, 5.74) is -58.9. The van der Waals surface area contributed by atoms with Crippen molar-refractivity contribution >= 4 is 32.8 Å². The number of imidazole rings is 1. The van der Waals surface area contributed by atoms with E-state index >= 15 is 0 Å². The Hall–Kier alpha value is -8.80. The summed E-state index contributed by atoms with van der Waals surface area (Å²) in [5.74, 6) is 0.561. The number of ether oxygens (including phenoxy) is 1. The molecular weight excluding hydrogens is 1130 g/mol. The van der Waals surface area contributed by atoms with Crippen molar-refractivity contribution in [2.24, 2.45) is 0 Å². The van der Waals surface area contributed by atoms with Crippen LogP contribution < -0.4 is 9.30 Å². The van der Waals surface area contributed by atoms with Crippen LogP contribution in [0.3, 0.4) is 0 Å². The topological polar surface area (TPSA) is 35.9 Å². The lowest BCUT2D eigenvalue weighted by molar-refractivity contribution is -0.571. The highest BCUT2D eigenvalue weighted by Crippen LogP contribution is 2.58. The Bertz CT molecular complexity index is 7500. The number of rotatable bonds is 6. The number of fused-ring (bicyclic) bond motifs is 15. The maximum atomic E-state index is 11.6. The zero-order valence-corrected chi connectivity index (χ0v) is 49.6. The molecular formula is C88H88N4O. The summed E-state index contributed by atoms with van der Waals surface area (Å²) < 4.78 is 548. The fourth-order valence-corrected chi connectivity index (χ4v) is 12.9. The molecule has 466 valence electrons. The first kappa shape index (κ1) is 24.5. The van der Waals surface area contributed by atoms with Gasteiger partial charge in [0.1, 0.15) is 17.3 Å². The van der Waals surface area contributed by atoms with Crippen molar-refractivity contribution in [3.8, 4) is 84.3 Å². The lowest BCUT2D eigenvalue weighted by Gasteiger charge is -2.44. The van der Waals surface area contributed by atoms with Crippen molar-refractivity contribution in [3.63, 3.8) is 0 Å². The maximum Gasteiger partial charge on any atom is 0.269 e. The van der Waals surface area contributed by atoms with Gasteiger partial charge in [-0.15, -0.1) is 0 Å². The average molecular weight is 1270 g/mol. The minimum atomic E-state index is -5.32. The molecule has 0 amide bonds. The molecule has 4 aliphatic carbocycles. The van der Waals surface area contributed by atoms with E-state index < -0.39 is 295 Å². The van der Waals surface area contributed by atoms with Gasteiger partial charge in [0.15, 0.2) is 0 Å². The number of para-hydroxylation sites is 3. The molecule has 0 N–H and O–H groups in total. The van der Waals surface area contributed by atoms with Gasteiger partial charge < -0.3 is 4.74 Å². The summed E-state index contributed by atoms with van der Waals surface area (Å²) in [5, 5.41) is 1.49. The van der Waals surface area contributed by atoms with Gasteiger partial charge in [-0.25, -0.2) is 4.98 Å². The molecule has 0 fully saturated rings. The molecule has 0 unspecified atom stereocenters. The van der Waals surface area contributed by atoms with Crippen molar-refractivity contribution in [3.05, 3.63) is 233 Å². The van der Waals surface area contributed by atoms with Crippen LogP contribution in [-0.2, 0) is 37.9 Å². The molecule has 4 aliphatic rings. The van der Waals surface area contributed by atoms with E-state index in [-0.39, 0.29) is 28.1 Å². The highest BCUT2D eigenvalue weighted by molar-refractivity contribution is 6.10. The van der Waals surface area contributed by atoms with Crippen LogP contribution in [0.15, 0.2) is 188 Å². The number of benzene rings is 9. The van der Waals surface area contributed by atoms with Crippen LogP contribution >= 0.6 is 0 Å². The molecule has 0 spiro atoms. The molecule has 5 nitrogen and oxygen atoms in total. The van der Waals surface area contributed by atoms with Crippen LogP contribution in [0.25, 0.3) is 106 Å². The minimum Gasteiger partial charge on any atom is -0.458 e. The van der Waals surface area contributed by atoms with Crippen molar-refractivity contribution < 1.29 is 84.7 Å². The van der Waals surface area contributed by atoms with Crippen LogP contribution in [0.4, 0.5) is 0 Å². The molecule has 0 saturated heterocycles. The van der Waals surface area contributed by atoms with Crippen LogP contribution in [0.1, 0.15) is 256 Å². The Morgan fingerprint density at radius 3 is 1.65 bits per heavy atom. The molecule has 0 atom stereocenters. The van der Waals surface area contributed by atoms with E-state index in [1.807, 2.05) is 61.7 Å². The van der Waals surface area contributed by atoms with Gasteiger partial charge in [0, 0.05) is 94.4 Å². The Balaban J connectivity index is 1.23. The van der Waals surface area contributed by atoms with E-state index in [9.17, 15) is 75.4 Å². The van der Waals surface area contributed by atoms with E-state index in [4.69, 9.17) is 9.72 Å². The monoisotopic (exact) mass is 1270 g/mol. The van der Waals surface area contributed by atoms with Gasteiger partial charge in [0.05, 0.1) is 43.0 Å². The highest BCUT2D eigenvalue weighted by Gasteiger charge is 2.43. The van der Waals surface area contributed by atoms with Crippen LogP contribution in [-0.4, -0.2) is 14.1 Å². The van der Waals surface area contributed by atoms with Gasteiger partial charge in [0.25, 0.3) is 6.33 Å². The second kappa shape index (κ2) is 20.4. The van der Waals surface area contributed by atoms with Gasteiger partial charge >= 0.3 is 0 Å². The summed E-state index contributed by atoms with van der Waals surface area (Å²) in [6, 6.07) is 17.0. The van der Waals surface area contributed by atoms with Gasteiger partial charge in [-0.1, -0.05) is 212 Å². The largest absolute Gasteiger partial charge is 0.458 e. The smallest absolute Gasteiger partial charge is 0.269 e. The lowest BCUT2D eigenvalue weighted by atomic mass is 9.60. The Kier molecular flexibility index (Phi) is 5.36. The average Bonchev–Trinajstić information content (AvgIpc) is 0.670. The van der Waals surface area contributed by atoms with Crippen LogP contribution in [0.5, 0.6) is 11.5 Å². The predicted octanol–water partition coefficient (Wildman–Crippen LogP) is 23.0. The minimum absolute atomic E-state index is 0.0636. The molecule has 16 rings (SSSR count). The molecule has 12 aromatic rings. The van der Waals surface area contributed by atoms with E-state index in [2.05, 4.69) is 6.33 Å². The third-order valence-corrected chi connectivity index (χ3v) is 17.4. The first-order chi connectivity index (χ1) is 66.8. The Morgan fingerprint density at radius 1 is 0.473 bits per heavy atom. The third kappa shape index (κ3) is 9.35. The molecule has 93 heavy (non-hydrogen) atoms. The highest BCUT2D eigenvalue weighted by atomic mass is 16.5. The third-order valence-electron chi connectivity index (χ3n) is 17.4. The van der Waals surface area contributed by atoms with Crippen molar-refractivity contribution in [1.29, 1.82) is 0 Å². The van der Waals surface area contributed by atoms with Crippen molar-refractivity contribution in [1.82, 2.24) is 14.1 Å². The second-order valence-electron chi connectivity index (χ2n) is 24.7. The quantitative estimate of drug-likeness (QED) is 0.123. The maximum absolute atomic E-state index is 11.6. The number of pyridine rings is 1. The zero-order valence-electron chi connectivity index (χ0n) is 105. The normalized spacial score (nSPS) is 31.2. The zero-order chi connectivity index (χ0) is 112. The molecule has 0 bridgehead atoms. The SMILES string of the molecule is [2H]c1c([2H])c2c(c([2H])c1-c1ccc3c(c1-[n+]1[c-]n(-c4cccc(Oc5ccc6c7ccccc7n(-c7cc(C(C)(C)C)ccn7)c6c5)c4)c4ccccc41)-c1c([2H])c4c(c([2H])c1-c1c([2H])c5c(c([2H])c1-c1ccccc1-3)C(C([2H])([2H])[2H])(C([2H])([2H])[2H])C([2H])([2H])C([2H])([2H])C5(C([2H])([2H])[2H])C([2H])([2H])[2H])C(C([2H])([2H])[2H])(C([2H])([2H])[2H])C([2H])([2H])C([2H])([2H])C4(C([2H])([2H])[2H])C([2H])([2H])[2H])C(C([2H])([2H])[2H])(C([2H])([2H])[2H])C([2H])([2H])C([2H])([2H])C2(C([2H])([2H])[2H])C([2H])([2H])[2H]. The number of hydrogen-bond acceptors (Lipinski definition) is 2. The number of hydrogen-bond donors (Lipinski definition) is 0. The fraction of sp³-hybridized carbons (Fsp3) is 0.318. The van der Waals surface area contributed by atoms with Gasteiger partial charge in [-0.3, -0.25) is 13.7 Å². The molecule has 3 heterocycles. The van der Waals surface area contributed by atoms with Crippen molar-refractivity contribution in [2.45, 2.75) is 179 Å². The second-order valence-corrected chi connectivity index (χ2v) is 24.7. The predicted molar refractivity (Wildman–Crippen MR) is 388 cm³/mol. The Morgan fingerprint density at radius 2 is 1.00 bits per heavy atom. The molecule has 3 aromatic heterocycles. The molecule has 0 radical (unpaired) electrons. The van der Waals surface area contributed by atoms with Gasteiger partial charge in [-0.05, 0) is 232 Å². The first-order valence-electron chi connectivity index (χ1n) is 56.8. The van der Waals surface area contributed by atoms with E-state index in [0.717, 1.165) is 50.4 Å². The van der Waals surface area contributed by atoms with E-state index in [1.54, 1.807) is 24.4 Å². The number of aromatic nitrogens is 4. The van der Waals surface area contributed by atoms with Crippen LogP contribution in [0, 0.1) is 6.33 Å². The fourth-order valence-electron chi connectivity index (χ4n) is 12.9. The van der Waals surface area contributed by atoms with Gasteiger partial charge in [0.2, 0.25) is 0 Å². The van der Waals surface area contributed by atoms with Crippen LogP contribution in [0.2, 0.25) is 0 Å². The summed E-state index contributed by atoms with van der Waals surface area (Å²) in [6.45, 7) is -53.1. The van der Waals surface area contributed by atoms with Crippen molar-refractivity contribution in [2.75, 3.05) is 0 Å². The summed E-state index contributed by atoms with van der Waals surface area (Å²) in [4.78, 5) is 4.78. The molecule has 0 aliphatic heterocycles. The van der Waals surface area contributed by atoms with E-state index in [1.165, 1.54) is 42.5 Å². The van der Waals surface area contributed by atoms with Gasteiger partial charge in [-0.2, -0.15) is 0 Å². The summed E-state index contributed by atoms with van der Waals surface area (Å²) >= 11 is 0. The number of nitrogens with zero attached hydrogens (tertiary/aromatic N) is 4. The molecule has 5 heteroatoms. The first-order valence-corrected chi connectivity index (χ1v) is 29.3. The summed E-state index contributed by atoms with van der Waals surface area (Å²) in [6.07, 6.45) is -26.5. The standard InChI is InChI=1S/C88H88N4O/c1-82(2,3)55-37-44-89-79(46-55)92-75-28-19-18-27-62(75)63-33-32-58(48-78(63)92)93-57-24-22-23-56(47-57)90-53-91(77-30-21-20-29-76(77)90)81-59(54-31-36-69-70(45-54)84(6,7)39-38-83(69,4)5)34-35-64-60-25-16-17-26-61(60)65-49-71-72(86(10,11)41-40-85(71,8)9)50-66(65)67-51-73-74(52-68(67)80(64)81)88(14,15)43-42-87(73,12)13/h16-37,44-52H,38-43H2,1-15H3/i4D3,5D3,6D3,7D3,8D3,9D3,10D3,11D3,12D3,13D3,14D3,15D3,31D,36D,38D2,39D2,40D2,41D2,42D2,43D2,45D,49D,50D,51D,52D. The molecule has 0 saturated carbocycles. The lowest BCUT2D eigenvalue weighted by Crippen LogP contribution is -2.35. The Labute approximate surface area is 628 Å². The van der Waals surface area contributed by atoms with E-state index in [0.29, 0.717) is 34.4 Å². The molecule has 9 aromatic carbocycles.